The highest BCUT2D eigenvalue weighted by molar-refractivity contribution is 7.80. The van der Waals surface area contributed by atoms with E-state index in [9.17, 15) is 19.2 Å². The highest BCUT2D eigenvalue weighted by Gasteiger charge is 2.51. The summed E-state index contributed by atoms with van der Waals surface area (Å²) in [6.45, 7) is 5.11. The summed E-state index contributed by atoms with van der Waals surface area (Å²) >= 11 is 9.40. The number of hydrogen-bond acceptors (Lipinski definition) is 7. The first-order valence-electron chi connectivity index (χ1n) is 9.11. The van der Waals surface area contributed by atoms with E-state index in [-0.39, 0.29) is 23.4 Å². The molecule has 0 bridgehead atoms. The number of hydrazine groups is 1. The lowest BCUT2D eigenvalue weighted by Gasteiger charge is -2.39. The van der Waals surface area contributed by atoms with Gasteiger partial charge in [-0.3, -0.25) is 20.4 Å². The molecule has 0 fully saturated rings. The molecule has 0 aromatic carbocycles. The molecule has 1 aliphatic heterocycles. The van der Waals surface area contributed by atoms with E-state index < -0.39 is 28.9 Å². The van der Waals surface area contributed by atoms with E-state index in [4.69, 9.17) is 12.2 Å². The standard InChI is InChI=1S/C17H24N6O4S2/c1-4-6-7-22-13(20-21-16(29)19-12(3)24)9-15(26)23(8-5-2,17(22)27)10-14(25)18-11-28/h9H,4-8,10H2,1-3H3,(H2-,19,20,21,24,26,29)/p+1. The highest BCUT2D eigenvalue weighted by atomic mass is 32.1. The summed E-state index contributed by atoms with van der Waals surface area (Å²) in [5.41, 5.74) is 5.27. The Hall–Kier alpha value is -2.53. The molecule has 1 heterocycles. The molecule has 0 aromatic rings. The zero-order valence-corrected chi connectivity index (χ0v) is 18.2. The number of carbonyl (C=O) groups excluding carboxylic acids is 4. The Kier molecular flexibility index (Phi) is 9.69. The molecule has 3 N–H and O–H groups in total. The van der Waals surface area contributed by atoms with Gasteiger partial charge in [0.1, 0.15) is 5.82 Å². The fraction of sp³-hybridized carbons (Fsp3) is 0.529. The van der Waals surface area contributed by atoms with Gasteiger partial charge in [0.25, 0.3) is 0 Å². The van der Waals surface area contributed by atoms with Crippen molar-refractivity contribution in [3.05, 3.63) is 11.9 Å². The number of urea groups is 1. The van der Waals surface area contributed by atoms with Gasteiger partial charge in [0.05, 0.1) is 17.8 Å². The molecule has 12 heteroatoms. The van der Waals surface area contributed by atoms with Gasteiger partial charge in [-0.15, -0.1) is 0 Å². The summed E-state index contributed by atoms with van der Waals surface area (Å²) in [6.07, 6.45) is 3.22. The molecule has 1 rings (SSSR count). The van der Waals surface area contributed by atoms with Gasteiger partial charge in [0, 0.05) is 13.5 Å². The molecule has 0 aliphatic carbocycles. The first-order valence-corrected chi connectivity index (χ1v) is 9.93. The molecule has 0 saturated heterocycles. The first kappa shape index (κ1) is 24.5. The number of quaternary nitrogens is 1. The third-order valence-electron chi connectivity index (χ3n) is 4.08. The van der Waals surface area contributed by atoms with Gasteiger partial charge < -0.3 is 5.32 Å². The van der Waals surface area contributed by atoms with Crippen LogP contribution in [0, 0.1) is 0 Å². The number of carbonyl (C=O) groups is 4. The van der Waals surface area contributed by atoms with Crippen molar-refractivity contribution >= 4 is 58.5 Å². The van der Waals surface area contributed by atoms with Gasteiger partial charge in [-0.05, 0) is 37.3 Å². The minimum absolute atomic E-state index is 0.0147. The van der Waals surface area contributed by atoms with Gasteiger partial charge in [0.2, 0.25) is 5.91 Å². The predicted molar refractivity (Wildman–Crippen MR) is 113 cm³/mol. The van der Waals surface area contributed by atoms with Crippen molar-refractivity contribution in [2.75, 3.05) is 19.6 Å². The number of unbranched alkanes of at least 4 members (excludes halogenated alkanes) is 1. The summed E-state index contributed by atoms with van der Waals surface area (Å²) in [7, 11) is 0. The molecule has 29 heavy (non-hydrogen) atoms. The molecule has 1 unspecified atom stereocenters. The molecule has 158 valence electrons. The maximum Gasteiger partial charge on any atom is 0.433 e. The fourth-order valence-corrected chi connectivity index (χ4v) is 3.12. The molecular formula is C17H25N6O4S2+. The van der Waals surface area contributed by atoms with E-state index in [0.717, 1.165) is 6.42 Å². The quantitative estimate of drug-likeness (QED) is 0.209. The number of amides is 5. The molecule has 0 spiro atoms. The van der Waals surface area contributed by atoms with Crippen molar-refractivity contribution in [1.29, 1.82) is 0 Å². The maximum absolute atomic E-state index is 13.4. The number of imide groups is 1. The summed E-state index contributed by atoms with van der Waals surface area (Å²) in [5, 5.41) is 4.32. The van der Waals surface area contributed by atoms with Crippen molar-refractivity contribution in [3.8, 4) is 0 Å². The average molecular weight is 442 g/mol. The molecule has 0 radical (unpaired) electrons. The first-order chi connectivity index (χ1) is 13.7. The van der Waals surface area contributed by atoms with Gasteiger partial charge in [0.15, 0.2) is 11.7 Å². The van der Waals surface area contributed by atoms with Crippen LogP contribution in [0.4, 0.5) is 4.79 Å². The minimum Gasteiger partial charge on any atom is -0.302 e. The van der Waals surface area contributed by atoms with Crippen LogP contribution in [-0.4, -0.2) is 63.0 Å². The monoisotopic (exact) mass is 441 g/mol. The summed E-state index contributed by atoms with van der Waals surface area (Å²) in [5.74, 6) is -1.45. The molecule has 0 aromatic heterocycles. The number of isothiocyanates is 1. The lowest BCUT2D eigenvalue weighted by molar-refractivity contribution is -0.767. The zero-order chi connectivity index (χ0) is 22.0. The van der Waals surface area contributed by atoms with E-state index in [2.05, 4.69) is 33.4 Å². The van der Waals surface area contributed by atoms with Crippen LogP contribution in [0.1, 0.15) is 40.0 Å². The molecule has 0 saturated carbocycles. The lowest BCUT2D eigenvalue weighted by Crippen LogP contribution is -2.67. The topological polar surface area (TPSA) is 120 Å². The van der Waals surface area contributed by atoms with Gasteiger partial charge in [-0.25, -0.2) is 14.5 Å². The van der Waals surface area contributed by atoms with Gasteiger partial charge >= 0.3 is 17.8 Å². The van der Waals surface area contributed by atoms with E-state index in [1.807, 2.05) is 19.0 Å². The SMILES string of the molecule is CCCCN1C(=O)[N+](CCC)(CC(=O)N=C=S)C(=O)C=C1NNC(=S)NC(C)=O. The lowest BCUT2D eigenvalue weighted by atomic mass is 10.2. The van der Waals surface area contributed by atoms with Crippen molar-refractivity contribution in [1.82, 2.24) is 21.1 Å². The molecule has 10 nitrogen and oxygen atoms in total. The number of hydrogen-bond donors (Lipinski definition) is 3. The number of rotatable bonds is 9. The Morgan fingerprint density at radius 1 is 1.28 bits per heavy atom. The van der Waals surface area contributed by atoms with Gasteiger partial charge in [-0.2, -0.15) is 9.48 Å². The largest absolute Gasteiger partial charge is 0.433 e. The van der Waals surface area contributed by atoms with Crippen molar-refractivity contribution < 1.29 is 23.7 Å². The van der Waals surface area contributed by atoms with Crippen LogP contribution >= 0.6 is 24.4 Å². The minimum atomic E-state index is -0.707. The van der Waals surface area contributed by atoms with Crippen LogP contribution in [-0.2, 0) is 14.4 Å². The summed E-state index contributed by atoms with van der Waals surface area (Å²) in [6, 6.07) is -0.546. The number of nitrogens with one attached hydrogen (secondary N) is 3. The Morgan fingerprint density at radius 3 is 2.52 bits per heavy atom. The second-order valence-corrected chi connectivity index (χ2v) is 6.95. The van der Waals surface area contributed by atoms with Crippen LogP contribution < -0.4 is 16.2 Å². The Morgan fingerprint density at radius 2 is 1.97 bits per heavy atom. The van der Waals surface area contributed by atoms with E-state index in [1.165, 1.54) is 17.9 Å². The smallest absolute Gasteiger partial charge is 0.302 e. The zero-order valence-electron chi connectivity index (χ0n) is 16.6. The van der Waals surface area contributed by atoms with E-state index >= 15 is 0 Å². The van der Waals surface area contributed by atoms with Crippen molar-refractivity contribution in [2.24, 2.45) is 4.99 Å². The van der Waals surface area contributed by atoms with Crippen molar-refractivity contribution in [2.45, 2.75) is 40.0 Å². The summed E-state index contributed by atoms with van der Waals surface area (Å²) < 4.78 is -0.707. The average Bonchev–Trinajstić information content (AvgIpc) is 2.63. The second-order valence-electron chi connectivity index (χ2n) is 6.36. The van der Waals surface area contributed by atoms with Crippen molar-refractivity contribution in [3.63, 3.8) is 0 Å². The van der Waals surface area contributed by atoms with Crippen LogP contribution in [0.15, 0.2) is 16.9 Å². The Labute approximate surface area is 179 Å². The van der Waals surface area contributed by atoms with Gasteiger partial charge in [-0.1, -0.05) is 20.3 Å². The maximum atomic E-state index is 13.4. The Balaban J connectivity index is 3.25. The molecule has 1 atom stereocenters. The number of nitrogens with zero attached hydrogens (tertiary/aromatic N) is 3. The summed E-state index contributed by atoms with van der Waals surface area (Å²) in [4.78, 5) is 54.2. The van der Waals surface area contributed by atoms with Crippen LogP contribution in [0.2, 0.25) is 0 Å². The number of aliphatic imine (C=N–C) groups is 1. The predicted octanol–water partition coefficient (Wildman–Crippen LogP) is 0.962. The van der Waals surface area contributed by atoms with Crippen LogP contribution in [0.25, 0.3) is 0 Å². The third kappa shape index (κ3) is 6.50. The second kappa shape index (κ2) is 11.5. The van der Waals surface area contributed by atoms with E-state index in [1.54, 1.807) is 0 Å². The van der Waals surface area contributed by atoms with E-state index in [0.29, 0.717) is 19.4 Å². The van der Waals surface area contributed by atoms with Crippen LogP contribution in [0.3, 0.4) is 0 Å². The Bertz CT molecular complexity index is 778. The third-order valence-corrected chi connectivity index (χ3v) is 4.38. The normalized spacial score (nSPS) is 18.4. The fourth-order valence-electron chi connectivity index (χ4n) is 2.82. The number of thiocarbonyl (C=S) groups is 2. The molecule has 5 amide bonds. The molecule has 1 aliphatic rings. The molecular weight excluding hydrogens is 416 g/mol. The highest BCUT2D eigenvalue weighted by Crippen LogP contribution is 2.24. The van der Waals surface area contributed by atoms with Crippen LogP contribution in [0.5, 0.6) is 0 Å².